The average Bonchev–Trinajstić information content (AvgIpc) is 2.66. The first-order valence-electron chi connectivity index (χ1n) is 4.94. The molecule has 1 rings (SSSR count). The molecule has 18 heavy (non-hydrogen) atoms. The highest BCUT2D eigenvalue weighted by atomic mass is 16.8. The van der Waals surface area contributed by atoms with E-state index in [0.29, 0.717) is 0 Å². The molecule has 1 aromatic heterocycles. The van der Waals surface area contributed by atoms with Crippen LogP contribution in [0.1, 0.15) is 12.6 Å². The smallest absolute Gasteiger partial charge is 0.387 e. The first kappa shape index (κ1) is 13.7. The number of hydrogen-bond donors (Lipinski definition) is 3. The zero-order valence-electron chi connectivity index (χ0n) is 9.50. The van der Waals surface area contributed by atoms with Gasteiger partial charge in [-0.2, -0.15) is 0 Å². The third-order valence-corrected chi connectivity index (χ3v) is 1.75. The van der Waals surface area contributed by atoms with E-state index in [0.717, 1.165) is 0 Å². The van der Waals surface area contributed by atoms with Crippen LogP contribution in [-0.4, -0.2) is 35.4 Å². The molecule has 100 valence electrons. The summed E-state index contributed by atoms with van der Waals surface area (Å²) in [5.74, 6) is -0.765. The maximum absolute atomic E-state index is 11.2. The number of aliphatic hydroxyl groups is 1. The van der Waals surface area contributed by atoms with Crippen molar-refractivity contribution < 1.29 is 29.0 Å². The molecule has 0 aliphatic rings. The zero-order valence-corrected chi connectivity index (χ0v) is 9.50. The summed E-state index contributed by atoms with van der Waals surface area (Å²) in [7, 11) is 0. The van der Waals surface area contributed by atoms with Gasteiger partial charge in [-0.05, 0) is 4.90 Å². The molecule has 0 aliphatic carbocycles. The summed E-state index contributed by atoms with van der Waals surface area (Å²) < 4.78 is 8.72. The molecule has 0 atom stereocenters. The van der Waals surface area contributed by atoms with Crippen LogP contribution in [0.3, 0.4) is 0 Å². The second-order valence-electron chi connectivity index (χ2n) is 3.14. The molecule has 0 aromatic carbocycles. The van der Waals surface area contributed by atoms with Gasteiger partial charge >= 0.3 is 12.0 Å². The molecule has 10 nitrogen and oxygen atoms in total. The molecule has 0 radical (unpaired) electrons. The van der Waals surface area contributed by atoms with Crippen LogP contribution >= 0.6 is 0 Å². The van der Waals surface area contributed by atoms with Gasteiger partial charge in [-0.1, -0.05) is 0 Å². The summed E-state index contributed by atoms with van der Waals surface area (Å²) in [6.07, 6.45) is -0.928. The molecule has 0 aliphatic heterocycles. The van der Waals surface area contributed by atoms with Crippen LogP contribution in [0, 0.1) is 5.21 Å². The maximum atomic E-state index is 11.2. The minimum absolute atomic E-state index is 0.122. The highest BCUT2D eigenvalue weighted by Crippen LogP contribution is 2.09. The number of aliphatic hydroxyl groups excluding tert-OH is 1. The third kappa shape index (κ3) is 3.90. The number of nitrogens with zero attached hydrogens (tertiary/aromatic N) is 2. The molecule has 2 amide bonds. The molecular formula is C8H12N4O6. The van der Waals surface area contributed by atoms with Crippen LogP contribution in [0.25, 0.3) is 0 Å². The van der Waals surface area contributed by atoms with E-state index in [1.54, 1.807) is 0 Å². The van der Waals surface area contributed by atoms with Crippen molar-refractivity contribution in [3.8, 4) is 5.88 Å². The fraction of sp³-hybridized carbons (Fsp3) is 0.500. The van der Waals surface area contributed by atoms with Crippen molar-refractivity contribution >= 4 is 12.0 Å². The van der Waals surface area contributed by atoms with Crippen LogP contribution in [0.4, 0.5) is 4.79 Å². The van der Waals surface area contributed by atoms with Crippen LogP contribution in [0.5, 0.6) is 5.88 Å². The largest absolute Gasteiger partial charge is 0.415 e. The second-order valence-corrected chi connectivity index (χ2v) is 3.14. The summed E-state index contributed by atoms with van der Waals surface area (Å²) in [4.78, 5) is 21.6. The summed E-state index contributed by atoms with van der Waals surface area (Å²) in [5.41, 5.74) is -0.193. The monoisotopic (exact) mass is 260 g/mol. The highest BCUT2D eigenvalue weighted by molar-refractivity contribution is 5.73. The van der Waals surface area contributed by atoms with Crippen LogP contribution in [-0.2, 0) is 11.4 Å². The summed E-state index contributed by atoms with van der Waals surface area (Å²) >= 11 is 0. The molecule has 0 fully saturated rings. The summed E-state index contributed by atoms with van der Waals surface area (Å²) in [6.45, 7) is 1.08. The summed E-state index contributed by atoms with van der Waals surface area (Å²) in [5, 5.41) is 27.6. The molecule has 1 heterocycles. The van der Waals surface area contributed by atoms with E-state index >= 15 is 0 Å². The molecule has 0 unspecified atom stereocenters. The normalized spacial score (nSPS) is 9.89. The Hall–Kier alpha value is -2.36. The van der Waals surface area contributed by atoms with Gasteiger partial charge in [0.25, 0.3) is 5.69 Å². The summed E-state index contributed by atoms with van der Waals surface area (Å²) in [6, 6.07) is 0. The SMILES string of the molecule is CC(=O)NCCNC(=O)Oc1c(CO)no[n+]1[O-]. The minimum Gasteiger partial charge on any atom is -0.387 e. The number of nitrogens with one attached hydrogen (secondary N) is 2. The number of aromatic nitrogens is 2. The predicted molar refractivity (Wildman–Crippen MR) is 54.1 cm³/mol. The lowest BCUT2D eigenvalue weighted by Crippen LogP contribution is -2.37. The van der Waals surface area contributed by atoms with Crippen LogP contribution in [0.15, 0.2) is 4.63 Å². The number of ether oxygens (including phenoxy) is 1. The van der Waals surface area contributed by atoms with Crippen molar-refractivity contribution in [3.05, 3.63) is 10.9 Å². The van der Waals surface area contributed by atoms with Gasteiger partial charge in [-0.25, -0.2) is 4.79 Å². The fourth-order valence-corrected chi connectivity index (χ4v) is 0.988. The van der Waals surface area contributed by atoms with E-state index in [1.165, 1.54) is 6.92 Å². The first-order valence-corrected chi connectivity index (χ1v) is 4.94. The van der Waals surface area contributed by atoms with E-state index < -0.39 is 18.6 Å². The number of carbonyl (C=O) groups is 2. The second kappa shape index (κ2) is 6.39. The van der Waals surface area contributed by atoms with Gasteiger partial charge in [0, 0.05) is 25.2 Å². The molecule has 0 bridgehead atoms. The van der Waals surface area contributed by atoms with Gasteiger partial charge in [0.15, 0.2) is 0 Å². The van der Waals surface area contributed by atoms with E-state index in [1.807, 2.05) is 0 Å². The molecular weight excluding hydrogens is 248 g/mol. The topological polar surface area (TPSA) is 141 Å². The van der Waals surface area contributed by atoms with Crippen molar-refractivity contribution in [1.29, 1.82) is 0 Å². The Kier molecular flexibility index (Phi) is 4.87. The van der Waals surface area contributed by atoms with Gasteiger partial charge in [0.05, 0.1) is 0 Å². The number of hydrogen-bond acceptors (Lipinski definition) is 7. The van der Waals surface area contributed by atoms with Gasteiger partial charge in [-0.3, -0.25) is 9.42 Å². The zero-order chi connectivity index (χ0) is 13.5. The predicted octanol–water partition coefficient (Wildman–Crippen LogP) is -1.98. The van der Waals surface area contributed by atoms with E-state index in [-0.39, 0.29) is 29.6 Å². The Morgan fingerprint density at radius 2 is 2.17 bits per heavy atom. The van der Waals surface area contributed by atoms with Gasteiger partial charge in [0.2, 0.25) is 5.91 Å². The maximum Gasteiger partial charge on any atom is 0.415 e. The fourth-order valence-electron chi connectivity index (χ4n) is 0.988. The molecule has 0 spiro atoms. The van der Waals surface area contributed by atoms with Crippen molar-refractivity contribution in [3.63, 3.8) is 0 Å². The van der Waals surface area contributed by atoms with Crippen molar-refractivity contribution in [2.45, 2.75) is 13.5 Å². The Labute approximate surface area is 101 Å². The Morgan fingerprint density at radius 1 is 1.50 bits per heavy atom. The molecule has 1 aromatic rings. The van der Waals surface area contributed by atoms with E-state index in [2.05, 4.69) is 25.2 Å². The minimum atomic E-state index is -0.928. The third-order valence-electron chi connectivity index (χ3n) is 1.75. The van der Waals surface area contributed by atoms with Gasteiger partial charge in [-0.15, -0.1) is 0 Å². The van der Waals surface area contributed by atoms with Gasteiger partial charge < -0.3 is 25.7 Å². The Morgan fingerprint density at radius 3 is 2.78 bits per heavy atom. The molecule has 3 N–H and O–H groups in total. The molecule has 0 saturated carbocycles. The average molecular weight is 260 g/mol. The van der Waals surface area contributed by atoms with Crippen molar-refractivity contribution in [1.82, 2.24) is 15.8 Å². The number of rotatable bonds is 5. The van der Waals surface area contributed by atoms with Crippen LogP contribution in [0.2, 0.25) is 0 Å². The lowest BCUT2D eigenvalue weighted by Gasteiger charge is -2.04. The lowest BCUT2D eigenvalue weighted by atomic mass is 10.5. The Balaban J connectivity index is 2.40. The Bertz CT molecular complexity index is 431. The van der Waals surface area contributed by atoms with Crippen LogP contribution < -0.4 is 20.3 Å². The van der Waals surface area contributed by atoms with E-state index in [4.69, 9.17) is 5.11 Å². The lowest BCUT2D eigenvalue weighted by molar-refractivity contribution is -0.804. The molecule has 0 saturated heterocycles. The first-order chi connectivity index (χ1) is 8.54. The van der Waals surface area contributed by atoms with Gasteiger partial charge in [0.1, 0.15) is 6.61 Å². The standard InChI is InChI=1S/C8H12N4O6/c1-5(14)9-2-3-10-8(15)17-7-6(4-13)11-18-12(7)16/h13H,2-4H2,1H3,(H,9,14)(H,10,15). The quantitative estimate of drug-likeness (QED) is 0.411. The molecule has 10 heteroatoms. The van der Waals surface area contributed by atoms with Crippen molar-refractivity contribution in [2.24, 2.45) is 0 Å². The highest BCUT2D eigenvalue weighted by Gasteiger charge is 2.22. The number of carbonyl (C=O) groups excluding carboxylic acids is 2. The van der Waals surface area contributed by atoms with E-state index in [9.17, 15) is 14.8 Å². The number of amides is 2. The van der Waals surface area contributed by atoms with Crippen molar-refractivity contribution in [2.75, 3.05) is 13.1 Å².